The fraction of sp³-hybridized carbons (Fsp3) is 0.476. The van der Waals surface area contributed by atoms with E-state index in [-0.39, 0.29) is 6.04 Å². The predicted molar refractivity (Wildman–Crippen MR) is 105 cm³/mol. The molecule has 0 bridgehead atoms. The lowest BCUT2D eigenvalue weighted by atomic mass is 10.0. The molecule has 1 aromatic carbocycles. The van der Waals surface area contributed by atoms with Crippen LogP contribution in [0.2, 0.25) is 0 Å². The van der Waals surface area contributed by atoms with Crippen LogP contribution in [0.25, 0.3) is 0 Å². The van der Waals surface area contributed by atoms with E-state index in [0.717, 1.165) is 61.8 Å². The number of pyridine rings is 1. The molecule has 158 valence electrons. The number of rotatable bonds is 7. The van der Waals surface area contributed by atoms with Crippen LogP contribution < -0.4 is 14.8 Å². The fourth-order valence-corrected chi connectivity index (χ4v) is 3.44. The maximum absolute atomic E-state index is 12.6. The Kier molecular flexibility index (Phi) is 6.84. The van der Waals surface area contributed by atoms with Gasteiger partial charge in [0.25, 0.3) is 0 Å². The van der Waals surface area contributed by atoms with Gasteiger partial charge in [-0.1, -0.05) is 6.07 Å². The van der Waals surface area contributed by atoms with Crippen molar-refractivity contribution in [3.05, 3.63) is 47.7 Å². The molecule has 0 amide bonds. The summed E-state index contributed by atoms with van der Waals surface area (Å²) in [6, 6.07) is 8.62. The summed E-state index contributed by atoms with van der Waals surface area (Å²) in [7, 11) is 1.63. The first-order valence-electron chi connectivity index (χ1n) is 9.71. The van der Waals surface area contributed by atoms with E-state index in [4.69, 9.17) is 9.47 Å². The Morgan fingerprint density at radius 2 is 1.90 bits per heavy atom. The maximum atomic E-state index is 12.6. The number of nitrogens with one attached hydrogen (secondary N) is 1. The van der Waals surface area contributed by atoms with E-state index in [1.807, 2.05) is 25.1 Å². The zero-order valence-electron chi connectivity index (χ0n) is 16.6. The highest BCUT2D eigenvalue weighted by Crippen LogP contribution is 2.30. The number of alkyl halides is 3. The lowest BCUT2D eigenvalue weighted by Gasteiger charge is -2.32. The molecule has 1 fully saturated rings. The lowest BCUT2D eigenvalue weighted by molar-refractivity contribution is -0.137. The minimum absolute atomic E-state index is 0.199. The first kappa shape index (κ1) is 21.2. The van der Waals surface area contributed by atoms with Crippen molar-refractivity contribution >= 4 is 5.82 Å². The summed E-state index contributed by atoms with van der Waals surface area (Å²) in [6.07, 6.45) is -1.69. The standard InChI is InChI=1S/C21H26F3N3O2/c1-3-29-19-12-15(4-6-18(19)28-2)14-27-10-8-17(9-11-27)26-20-7-5-16(13-25-20)21(22,23)24/h4-7,12-13,17H,3,8-11,14H2,1-2H3,(H,25,26). The minimum atomic E-state index is -4.36. The van der Waals surface area contributed by atoms with E-state index in [1.54, 1.807) is 7.11 Å². The van der Waals surface area contributed by atoms with Crippen LogP contribution in [0.3, 0.4) is 0 Å². The van der Waals surface area contributed by atoms with E-state index < -0.39 is 11.7 Å². The van der Waals surface area contributed by atoms with Crippen LogP contribution in [-0.2, 0) is 12.7 Å². The quantitative estimate of drug-likeness (QED) is 0.725. The highest BCUT2D eigenvalue weighted by Gasteiger charge is 2.30. The summed E-state index contributed by atoms with van der Waals surface area (Å²) in [4.78, 5) is 6.26. The molecule has 3 rings (SSSR count). The molecule has 0 atom stereocenters. The van der Waals surface area contributed by atoms with Gasteiger partial charge >= 0.3 is 6.18 Å². The monoisotopic (exact) mass is 409 g/mol. The van der Waals surface area contributed by atoms with Gasteiger partial charge in [-0.2, -0.15) is 13.2 Å². The van der Waals surface area contributed by atoms with Crippen LogP contribution in [0.1, 0.15) is 30.9 Å². The van der Waals surface area contributed by atoms with Gasteiger partial charge in [0.1, 0.15) is 5.82 Å². The van der Waals surface area contributed by atoms with Gasteiger partial charge in [0, 0.05) is 31.9 Å². The van der Waals surface area contributed by atoms with Gasteiger partial charge in [-0.15, -0.1) is 0 Å². The second kappa shape index (κ2) is 9.35. The smallest absolute Gasteiger partial charge is 0.417 e. The summed E-state index contributed by atoms with van der Waals surface area (Å²) < 4.78 is 48.9. The third-order valence-corrected chi connectivity index (χ3v) is 4.96. The Labute approximate surface area is 168 Å². The summed E-state index contributed by atoms with van der Waals surface area (Å²) >= 11 is 0. The van der Waals surface area contributed by atoms with Crippen molar-refractivity contribution in [2.24, 2.45) is 0 Å². The number of likely N-dealkylation sites (tertiary alicyclic amines) is 1. The molecule has 0 unspecified atom stereocenters. The fourth-order valence-electron chi connectivity index (χ4n) is 3.44. The van der Waals surface area contributed by atoms with Crippen LogP contribution in [0, 0.1) is 0 Å². The van der Waals surface area contributed by atoms with Crippen LogP contribution >= 0.6 is 0 Å². The molecule has 1 aliphatic heterocycles. The van der Waals surface area contributed by atoms with Crippen molar-refractivity contribution in [1.82, 2.24) is 9.88 Å². The van der Waals surface area contributed by atoms with Gasteiger partial charge in [0.15, 0.2) is 11.5 Å². The number of halogens is 3. The molecule has 0 saturated carbocycles. The average Bonchev–Trinajstić information content (AvgIpc) is 2.70. The molecule has 29 heavy (non-hydrogen) atoms. The number of anilines is 1. The molecular weight excluding hydrogens is 383 g/mol. The molecule has 0 radical (unpaired) electrons. The summed E-state index contributed by atoms with van der Waals surface area (Å²) in [5, 5.41) is 3.24. The first-order valence-corrected chi connectivity index (χ1v) is 9.71. The topological polar surface area (TPSA) is 46.6 Å². The number of piperidine rings is 1. The Bertz CT molecular complexity index is 789. The molecule has 8 heteroatoms. The van der Waals surface area contributed by atoms with E-state index in [9.17, 15) is 13.2 Å². The predicted octanol–water partition coefficient (Wildman–Crippen LogP) is 4.58. The van der Waals surface area contributed by atoms with Gasteiger partial charge in [0.2, 0.25) is 0 Å². The number of hydrogen-bond acceptors (Lipinski definition) is 5. The summed E-state index contributed by atoms with van der Waals surface area (Å²) in [6.45, 7) is 5.13. The van der Waals surface area contributed by atoms with Crippen molar-refractivity contribution in [1.29, 1.82) is 0 Å². The zero-order valence-corrected chi connectivity index (χ0v) is 16.6. The van der Waals surface area contributed by atoms with Crippen molar-refractivity contribution in [2.45, 2.75) is 38.5 Å². The van der Waals surface area contributed by atoms with Crippen molar-refractivity contribution < 1.29 is 22.6 Å². The molecule has 1 aliphatic rings. The highest BCUT2D eigenvalue weighted by molar-refractivity contribution is 5.43. The lowest BCUT2D eigenvalue weighted by Crippen LogP contribution is -2.38. The number of ether oxygens (including phenoxy) is 2. The van der Waals surface area contributed by atoms with E-state index in [1.165, 1.54) is 6.07 Å². The maximum Gasteiger partial charge on any atom is 0.417 e. The van der Waals surface area contributed by atoms with Crippen molar-refractivity contribution in [3.63, 3.8) is 0 Å². The Balaban J connectivity index is 1.51. The zero-order chi connectivity index (χ0) is 20.9. The van der Waals surface area contributed by atoms with Crippen molar-refractivity contribution in [2.75, 3.05) is 32.1 Å². The number of hydrogen-bond donors (Lipinski definition) is 1. The Hall–Kier alpha value is -2.48. The number of methoxy groups -OCH3 is 1. The van der Waals surface area contributed by atoms with Gasteiger partial charge in [0.05, 0.1) is 19.3 Å². The third kappa shape index (κ3) is 5.76. The van der Waals surface area contributed by atoms with E-state index >= 15 is 0 Å². The molecule has 2 aromatic rings. The largest absolute Gasteiger partial charge is 0.493 e. The summed E-state index contributed by atoms with van der Waals surface area (Å²) in [5.41, 5.74) is 0.425. The van der Waals surface area contributed by atoms with Crippen LogP contribution in [0.15, 0.2) is 36.5 Å². The molecular formula is C21H26F3N3O2. The number of nitrogens with zero attached hydrogens (tertiary/aromatic N) is 2. The van der Waals surface area contributed by atoms with Gasteiger partial charge < -0.3 is 14.8 Å². The second-order valence-electron chi connectivity index (χ2n) is 7.04. The molecule has 5 nitrogen and oxygen atoms in total. The molecule has 2 heterocycles. The average molecular weight is 409 g/mol. The third-order valence-electron chi connectivity index (χ3n) is 4.96. The van der Waals surface area contributed by atoms with Gasteiger partial charge in [-0.3, -0.25) is 4.90 Å². The normalized spacial score (nSPS) is 15.9. The van der Waals surface area contributed by atoms with E-state index in [2.05, 4.69) is 15.2 Å². The molecule has 0 aliphatic carbocycles. The van der Waals surface area contributed by atoms with Gasteiger partial charge in [-0.25, -0.2) is 4.98 Å². The molecule has 1 saturated heterocycles. The molecule has 1 N–H and O–H groups in total. The Morgan fingerprint density at radius 1 is 1.14 bits per heavy atom. The van der Waals surface area contributed by atoms with Crippen molar-refractivity contribution in [3.8, 4) is 11.5 Å². The number of benzene rings is 1. The van der Waals surface area contributed by atoms with Gasteiger partial charge in [-0.05, 0) is 49.6 Å². The number of aromatic nitrogens is 1. The molecule has 0 spiro atoms. The SMILES string of the molecule is CCOc1cc(CN2CCC(Nc3ccc(C(F)(F)F)cn3)CC2)ccc1OC. The van der Waals surface area contributed by atoms with E-state index in [0.29, 0.717) is 12.4 Å². The summed E-state index contributed by atoms with van der Waals surface area (Å²) in [5.74, 6) is 1.95. The highest BCUT2D eigenvalue weighted by atomic mass is 19.4. The minimum Gasteiger partial charge on any atom is -0.493 e. The van der Waals surface area contributed by atoms with Crippen LogP contribution in [0.5, 0.6) is 11.5 Å². The second-order valence-corrected chi connectivity index (χ2v) is 7.04. The van der Waals surface area contributed by atoms with Crippen LogP contribution in [0.4, 0.5) is 19.0 Å². The van der Waals surface area contributed by atoms with Crippen LogP contribution in [-0.4, -0.2) is 42.7 Å². The Morgan fingerprint density at radius 3 is 2.48 bits per heavy atom. The first-order chi connectivity index (χ1) is 13.9. The molecule has 1 aromatic heterocycles.